The maximum Gasteiger partial charge on any atom is 0.191 e. The quantitative estimate of drug-likeness (QED) is 0.227. The molecule has 2 aliphatic rings. The molecule has 1 aromatic carbocycles. The molecule has 3 aromatic rings. The third-order valence-electron chi connectivity index (χ3n) is 5.39. The van der Waals surface area contributed by atoms with Gasteiger partial charge in [0, 0.05) is 32.2 Å². The van der Waals surface area contributed by atoms with E-state index in [0.29, 0.717) is 11.1 Å². The van der Waals surface area contributed by atoms with Crippen molar-refractivity contribution in [3.05, 3.63) is 35.1 Å². The number of ether oxygens (including phenoxy) is 1. The van der Waals surface area contributed by atoms with Crippen molar-refractivity contribution in [2.24, 2.45) is 0 Å². The van der Waals surface area contributed by atoms with E-state index in [9.17, 15) is 19.7 Å². The van der Waals surface area contributed by atoms with Crippen molar-refractivity contribution in [1.29, 1.82) is 0 Å². The fraction of sp³-hybridized carbons (Fsp3) is 0.583. The molecule has 2 fully saturated rings. The number of benzene rings is 1. The minimum atomic E-state index is -4.39. The summed E-state index contributed by atoms with van der Waals surface area (Å²) in [6, 6.07) is -1.33. The molecule has 0 amide bonds. The molecule has 2 heterocycles. The average Bonchev–Trinajstić information content (AvgIpc) is 3.40. The van der Waals surface area contributed by atoms with Crippen LogP contribution in [0.3, 0.4) is 0 Å². The SMILES string of the molecule is [2H]C([2H])(C)C([2H])([2H])Sc1nc(N[C@]2([2H])C[C@H]2c2ccc(C)c(F)c2)c2nnn([C@]3([2H])C([2H])([2H])[C@]([2H])(OC([2H])([2H])C([2H])([2H])O)[C@@]([2H])(O)[C@@]3([2H])O)c2n1. The molecular formula is C24H31FN6O4S. The van der Waals surface area contributed by atoms with E-state index in [1.54, 1.807) is 13.0 Å². The van der Waals surface area contributed by atoms with E-state index in [-0.39, 0.29) is 22.9 Å². The first-order valence-electron chi connectivity index (χ1n) is 18.0. The minimum Gasteiger partial charge on any atom is -0.394 e. The summed E-state index contributed by atoms with van der Waals surface area (Å²) >= 11 is 0.0774. The lowest BCUT2D eigenvalue weighted by Crippen LogP contribution is -2.33. The van der Waals surface area contributed by atoms with E-state index in [1.165, 1.54) is 12.1 Å². The maximum atomic E-state index is 14.4. The molecule has 194 valence electrons. The first kappa shape index (κ1) is 12.9. The van der Waals surface area contributed by atoms with E-state index in [2.05, 4.69) is 30.3 Å². The highest BCUT2D eigenvalue weighted by atomic mass is 32.2. The maximum absolute atomic E-state index is 14.4. The fourth-order valence-corrected chi connectivity index (χ4v) is 3.98. The molecule has 4 N–H and O–H groups in total. The molecule has 0 spiro atoms. The Hall–Kier alpha value is -2.38. The molecule has 10 nitrogen and oxygen atoms in total. The predicted molar refractivity (Wildman–Crippen MR) is 133 cm³/mol. The van der Waals surface area contributed by atoms with Crippen LogP contribution in [0.1, 0.15) is 69.7 Å². The Kier molecular flexibility index (Phi) is 3.78. The van der Waals surface area contributed by atoms with Gasteiger partial charge in [-0.05, 0) is 36.9 Å². The lowest BCUT2D eigenvalue weighted by molar-refractivity contribution is -0.0629. The third kappa shape index (κ3) is 4.92. The molecule has 2 aromatic heterocycles. The van der Waals surface area contributed by atoms with Crippen molar-refractivity contribution in [1.82, 2.24) is 25.0 Å². The summed E-state index contributed by atoms with van der Waals surface area (Å²) in [4.78, 5) is 8.15. The van der Waals surface area contributed by atoms with Crippen LogP contribution in [0.25, 0.3) is 11.2 Å². The summed E-state index contributed by atoms with van der Waals surface area (Å²) in [6.45, 7) is -5.69. The van der Waals surface area contributed by atoms with Crippen LogP contribution in [0.15, 0.2) is 23.4 Å². The van der Waals surface area contributed by atoms with E-state index < -0.39 is 95.7 Å². The first-order valence-corrected chi connectivity index (χ1v) is 11.3. The van der Waals surface area contributed by atoms with Gasteiger partial charge in [0.2, 0.25) is 0 Å². The van der Waals surface area contributed by atoms with Crippen molar-refractivity contribution in [3.63, 3.8) is 0 Å². The molecule has 5 rings (SSSR count). The second-order valence-electron chi connectivity index (χ2n) is 7.71. The van der Waals surface area contributed by atoms with Crippen molar-refractivity contribution in [3.8, 4) is 0 Å². The Morgan fingerprint density at radius 2 is 2.19 bits per heavy atom. The zero-order valence-corrected chi connectivity index (χ0v) is 19.6. The summed E-state index contributed by atoms with van der Waals surface area (Å²) in [6.07, 6.45) is -19.7. The number of aliphatic hydroxyl groups is 3. The highest BCUT2D eigenvalue weighted by Crippen LogP contribution is 2.44. The predicted octanol–water partition coefficient (Wildman–Crippen LogP) is 2.18. The fourth-order valence-electron chi connectivity index (χ4n) is 3.52. The van der Waals surface area contributed by atoms with Gasteiger partial charge in [0.25, 0.3) is 0 Å². The number of fused-ring (bicyclic) bond motifs is 1. The number of aryl methyl sites for hydroxylation is 1. The van der Waals surface area contributed by atoms with Crippen LogP contribution in [0.4, 0.5) is 10.2 Å². The minimum absolute atomic E-state index is 0.00107. The largest absolute Gasteiger partial charge is 0.394 e. The number of nitrogens with zero attached hydrogens (tertiary/aromatic N) is 5. The van der Waals surface area contributed by atoms with Crippen LogP contribution in [-0.4, -0.2) is 83.4 Å². The summed E-state index contributed by atoms with van der Waals surface area (Å²) < 4.78 is 142. The van der Waals surface area contributed by atoms with E-state index in [1.807, 2.05) is 0 Å². The van der Waals surface area contributed by atoms with Crippen molar-refractivity contribution in [2.75, 3.05) is 24.1 Å². The summed E-state index contributed by atoms with van der Waals surface area (Å²) in [5, 5.41) is 41.4. The molecule has 2 saturated carbocycles. The Bertz CT molecular complexity index is 1900. The number of rotatable bonds is 10. The zero-order chi connectivity index (χ0) is 39.0. The van der Waals surface area contributed by atoms with Crippen LogP contribution in [-0.2, 0) is 4.74 Å². The second-order valence-corrected chi connectivity index (χ2v) is 8.49. The molecule has 0 radical (unpaired) electrons. The van der Waals surface area contributed by atoms with Gasteiger partial charge < -0.3 is 25.4 Å². The van der Waals surface area contributed by atoms with E-state index >= 15 is 0 Å². The van der Waals surface area contributed by atoms with Gasteiger partial charge in [0.1, 0.15) is 18.0 Å². The molecule has 2 aliphatic carbocycles. The van der Waals surface area contributed by atoms with Crippen LogP contribution in [0.5, 0.6) is 0 Å². The summed E-state index contributed by atoms with van der Waals surface area (Å²) in [7, 11) is 0. The molecule has 36 heavy (non-hydrogen) atoms. The molecule has 0 aliphatic heterocycles. The molecule has 12 heteroatoms. The average molecular weight is 534 g/mol. The van der Waals surface area contributed by atoms with Gasteiger partial charge in [-0.3, -0.25) is 0 Å². The standard InChI is InChI=1S/C24H31FN6O4S/c1-3-8-36-24-27-22(26-16-10-14(16)13-5-4-12(2)15(25)9-13)19-23(28-24)31(30-29-19)17-11-18(35-7-6-32)21(34)20(17)33/h4-5,9,14,16-18,20-21,32-34H,3,6-8,10-11H2,1-2H3,(H,26,27,28)/t14-,16+,17+,18-,20-,21+/m0/s1/i3D2,6D2,7D2,8D2,11D2,16D,17D,18D,20D,21D. The topological polar surface area (TPSA) is 138 Å². The van der Waals surface area contributed by atoms with E-state index in [0.717, 1.165) is 6.92 Å². The van der Waals surface area contributed by atoms with Crippen LogP contribution >= 0.6 is 11.8 Å². The summed E-state index contributed by atoms with van der Waals surface area (Å²) in [5.74, 6) is -1.65. The number of anilines is 1. The number of hydrogen-bond donors (Lipinski definition) is 4. The van der Waals surface area contributed by atoms with Gasteiger partial charge in [0.05, 0.1) is 37.6 Å². The highest BCUT2D eigenvalue weighted by Gasteiger charge is 2.45. The van der Waals surface area contributed by atoms with Gasteiger partial charge in [-0.1, -0.05) is 36.0 Å². The van der Waals surface area contributed by atoms with Gasteiger partial charge in [-0.15, -0.1) is 5.10 Å². The summed E-state index contributed by atoms with van der Waals surface area (Å²) in [5.41, 5.74) is -3.45. The normalized spacial score (nSPS) is 46.9. The second kappa shape index (κ2) is 10.5. The Morgan fingerprint density at radius 1 is 1.36 bits per heavy atom. The molecule has 0 saturated heterocycles. The van der Waals surface area contributed by atoms with Crippen LogP contribution in [0.2, 0.25) is 0 Å². The Labute approximate surface area is 233 Å². The van der Waals surface area contributed by atoms with E-state index in [4.69, 9.17) is 20.6 Å². The number of halogens is 1. The third-order valence-corrected chi connectivity index (χ3v) is 6.06. The lowest BCUT2D eigenvalue weighted by Gasteiger charge is -2.17. The number of hydrogen-bond acceptors (Lipinski definition) is 10. The lowest BCUT2D eigenvalue weighted by atomic mass is 10.1. The van der Waals surface area contributed by atoms with Crippen molar-refractivity contribution in [2.45, 2.75) is 74.4 Å². The zero-order valence-electron chi connectivity index (χ0n) is 33.8. The highest BCUT2D eigenvalue weighted by molar-refractivity contribution is 7.99. The molecular weight excluding hydrogens is 487 g/mol. The molecule has 0 bridgehead atoms. The number of aromatic nitrogens is 5. The van der Waals surface area contributed by atoms with Crippen molar-refractivity contribution >= 4 is 28.7 Å². The Morgan fingerprint density at radius 3 is 2.94 bits per heavy atom. The number of nitrogens with one attached hydrogen (secondary N) is 1. The molecule has 6 atom stereocenters. The van der Waals surface area contributed by atoms with Crippen molar-refractivity contribution < 1.29 is 45.0 Å². The van der Waals surface area contributed by atoms with Gasteiger partial charge in [-0.2, -0.15) is 0 Å². The van der Waals surface area contributed by atoms with Crippen LogP contribution in [0, 0.1) is 12.7 Å². The first-order chi connectivity index (χ1) is 22.7. The van der Waals surface area contributed by atoms with Crippen LogP contribution < -0.4 is 5.32 Å². The number of thioether (sulfide) groups is 1. The Balaban J connectivity index is 1.71. The van der Waals surface area contributed by atoms with Gasteiger partial charge in [-0.25, -0.2) is 19.0 Å². The smallest absolute Gasteiger partial charge is 0.191 e. The van der Waals surface area contributed by atoms with Gasteiger partial charge in [0.15, 0.2) is 22.1 Å². The molecule has 0 unspecified atom stereocenters. The monoisotopic (exact) mass is 533 g/mol. The van der Waals surface area contributed by atoms with Gasteiger partial charge >= 0.3 is 0 Å².